The van der Waals surface area contributed by atoms with Gasteiger partial charge in [-0.3, -0.25) is 4.72 Å². The molecule has 0 fully saturated rings. The molecular formula is C16H41N3S2. The van der Waals surface area contributed by atoms with Crippen LogP contribution in [-0.2, 0) is 0 Å². The van der Waals surface area contributed by atoms with Crippen molar-refractivity contribution in [3.63, 3.8) is 0 Å². The molecule has 0 bridgehead atoms. The first-order chi connectivity index (χ1) is 9.81. The molecule has 0 amide bonds. The summed E-state index contributed by atoms with van der Waals surface area (Å²) in [6.07, 6.45) is 4.96. The molecule has 0 rings (SSSR count). The fourth-order valence-electron chi connectivity index (χ4n) is 1.75. The van der Waals surface area contributed by atoms with Crippen molar-refractivity contribution in [1.82, 2.24) is 14.5 Å². The monoisotopic (exact) mass is 339 g/mol. The number of hydrogen-bond acceptors (Lipinski definition) is 4. The standard InChI is InChI=1S/C13H33N3S2.C3H8/c1-7-18(6,13-16(4)5)14-9-12-17-11-8-10-15(2)3;1-3-2/h14H,7-13H2,1-6H3;3H2,1-2H3. The van der Waals surface area contributed by atoms with Gasteiger partial charge < -0.3 is 9.80 Å². The molecule has 1 N–H and O–H groups in total. The van der Waals surface area contributed by atoms with Crippen molar-refractivity contribution in [2.75, 3.05) is 70.7 Å². The smallest absolute Gasteiger partial charge is 0.0393 e. The van der Waals surface area contributed by atoms with Gasteiger partial charge in [-0.25, -0.2) is 0 Å². The minimum absolute atomic E-state index is 0.628. The largest absolute Gasteiger partial charge is 0.309 e. The highest BCUT2D eigenvalue weighted by Crippen LogP contribution is 2.38. The van der Waals surface area contributed by atoms with Crippen LogP contribution in [0.15, 0.2) is 0 Å². The van der Waals surface area contributed by atoms with E-state index in [4.69, 9.17) is 0 Å². The summed E-state index contributed by atoms with van der Waals surface area (Å²) in [5.74, 6) is 4.97. The summed E-state index contributed by atoms with van der Waals surface area (Å²) >= 11 is 2.08. The Morgan fingerprint density at radius 3 is 1.95 bits per heavy atom. The van der Waals surface area contributed by atoms with Crippen LogP contribution in [0.3, 0.4) is 0 Å². The van der Waals surface area contributed by atoms with Gasteiger partial charge in [0.05, 0.1) is 0 Å². The Kier molecular flexibility index (Phi) is 17.6. The van der Waals surface area contributed by atoms with Crippen LogP contribution in [0.4, 0.5) is 0 Å². The van der Waals surface area contributed by atoms with Gasteiger partial charge in [0, 0.05) is 18.2 Å². The average molecular weight is 340 g/mol. The highest BCUT2D eigenvalue weighted by atomic mass is 32.3. The van der Waals surface area contributed by atoms with Crippen LogP contribution < -0.4 is 4.72 Å². The molecule has 0 aromatic carbocycles. The van der Waals surface area contributed by atoms with Gasteiger partial charge >= 0.3 is 0 Å². The molecule has 3 nitrogen and oxygen atoms in total. The number of nitrogens with one attached hydrogen (secondary N) is 1. The average Bonchev–Trinajstić information content (AvgIpc) is 2.37. The molecule has 5 heteroatoms. The van der Waals surface area contributed by atoms with Crippen molar-refractivity contribution in [3.8, 4) is 0 Å². The molecular weight excluding hydrogens is 298 g/mol. The lowest BCUT2D eigenvalue weighted by molar-refractivity contribution is 0.410. The first-order valence-corrected chi connectivity index (χ1v) is 11.7. The van der Waals surface area contributed by atoms with Crippen LogP contribution in [0.25, 0.3) is 0 Å². The Labute approximate surface area is 141 Å². The first-order valence-electron chi connectivity index (χ1n) is 8.16. The maximum Gasteiger partial charge on any atom is 0.0393 e. The third-order valence-corrected chi connectivity index (χ3v) is 7.10. The van der Waals surface area contributed by atoms with Gasteiger partial charge in [0.15, 0.2) is 0 Å². The van der Waals surface area contributed by atoms with E-state index in [1.54, 1.807) is 0 Å². The van der Waals surface area contributed by atoms with Crippen molar-refractivity contribution in [1.29, 1.82) is 0 Å². The lowest BCUT2D eigenvalue weighted by Gasteiger charge is -2.38. The number of hydrogen-bond donors (Lipinski definition) is 1. The van der Waals surface area contributed by atoms with E-state index in [2.05, 4.69) is 81.5 Å². The van der Waals surface area contributed by atoms with Crippen LogP contribution in [0.2, 0.25) is 0 Å². The molecule has 21 heavy (non-hydrogen) atoms. The second-order valence-corrected chi connectivity index (χ2v) is 11.0. The SMILES string of the molecule is CCC.CCS(C)(CN(C)C)NCCSCCCN(C)C. The van der Waals surface area contributed by atoms with Crippen molar-refractivity contribution in [3.05, 3.63) is 0 Å². The summed E-state index contributed by atoms with van der Waals surface area (Å²) in [7, 11) is 7.99. The first kappa shape index (κ1) is 23.8. The molecule has 0 saturated heterocycles. The van der Waals surface area contributed by atoms with E-state index in [1.807, 2.05) is 0 Å². The van der Waals surface area contributed by atoms with Crippen LogP contribution >= 0.6 is 22.0 Å². The fraction of sp³-hybridized carbons (Fsp3) is 1.00. The summed E-state index contributed by atoms with van der Waals surface area (Å²) in [5, 5.41) is 0. The van der Waals surface area contributed by atoms with E-state index < -0.39 is 10.2 Å². The summed E-state index contributed by atoms with van der Waals surface area (Å²) in [6, 6.07) is 0. The van der Waals surface area contributed by atoms with E-state index >= 15 is 0 Å². The minimum atomic E-state index is -0.628. The molecule has 1 unspecified atom stereocenters. The molecule has 0 aliphatic rings. The zero-order valence-corrected chi connectivity index (χ0v) is 17.5. The minimum Gasteiger partial charge on any atom is -0.309 e. The topological polar surface area (TPSA) is 18.5 Å². The second kappa shape index (κ2) is 15.5. The van der Waals surface area contributed by atoms with Gasteiger partial charge in [0.2, 0.25) is 0 Å². The lowest BCUT2D eigenvalue weighted by atomic mass is 10.5. The van der Waals surface area contributed by atoms with Crippen molar-refractivity contribution >= 4 is 22.0 Å². The fourth-order valence-corrected chi connectivity index (χ4v) is 4.88. The molecule has 0 heterocycles. The molecule has 0 aromatic heterocycles. The van der Waals surface area contributed by atoms with Crippen LogP contribution in [0, 0.1) is 0 Å². The summed E-state index contributed by atoms with van der Waals surface area (Å²) in [6.45, 7) is 8.91. The number of rotatable bonds is 11. The van der Waals surface area contributed by atoms with E-state index in [-0.39, 0.29) is 0 Å². The maximum atomic E-state index is 3.79. The van der Waals surface area contributed by atoms with Crippen LogP contribution in [-0.4, -0.2) is 80.5 Å². The van der Waals surface area contributed by atoms with Gasteiger partial charge in [0.1, 0.15) is 0 Å². The molecule has 0 aliphatic carbocycles. The Bertz CT molecular complexity index is 214. The van der Waals surface area contributed by atoms with E-state index in [0.717, 1.165) is 6.54 Å². The van der Waals surface area contributed by atoms with Gasteiger partial charge in [-0.1, -0.05) is 27.2 Å². The Hall–Kier alpha value is 0.580. The van der Waals surface area contributed by atoms with Gasteiger partial charge in [-0.15, -0.1) is 0 Å². The van der Waals surface area contributed by atoms with Crippen molar-refractivity contribution in [2.24, 2.45) is 0 Å². The van der Waals surface area contributed by atoms with Crippen molar-refractivity contribution < 1.29 is 0 Å². The quantitative estimate of drug-likeness (QED) is 0.580. The summed E-state index contributed by atoms with van der Waals surface area (Å²) in [4.78, 5) is 4.56. The van der Waals surface area contributed by atoms with Gasteiger partial charge in [-0.05, 0) is 58.9 Å². The van der Waals surface area contributed by atoms with E-state index in [1.165, 1.54) is 42.5 Å². The molecule has 0 spiro atoms. The second-order valence-electron chi connectivity index (χ2n) is 6.14. The highest BCUT2D eigenvalue weighted by molar-refractivity contribution is 8.31. The Balaban J connectivity index is 0. The maximum absolute atomic E-state index is 3.79. The Morgan fingerprint density at radius 2 is 1.52 bits per heavy atom. The van der Waals surface area contributed by atoms with Crippen molar-refractivity contribution in [2.45, 2.75) is 33.6 Å². The Morgan fingerprint density at radius 1 is 0.952 bits per heavy atom. The third-order valence-electron chi connectivity index (χ3n) is 2.77. The van der Waals surface area contributed by atoms with Gasteiger partial charge in [0.25, 0.3) is 0 Å². The molecule has 1 atom stereocenters. The predicted molar refractivity (Wildman–Crippen MR) is 107 cm³/mol. The molecule has 0 aliphatic heterocycles. The molecule has 0 radical (unpaired) electrons. The normalized spacial score (nSPS) is 15.5. The van der Waals surface area contributed by atoms with E-state index in [9.17, 15) is 0 Å². The molecule has 0 aromatic rings. The van der Waals surface area contributed by atoms with E-state index in [0.29, 0.717) is 0 Å². The van der Waals surface area contributed by atoms with Crippen LogP contribution in [0.1, 0.15) is 33.6 Å². The third kappa shape index (κ3) is 18.5. The lowest BCUT2D eigenvalue weighted by Crippen LogP contribution is -2.32. The number of nitrogens with zero attached hydrogens (tertiary/aromatic N) is 2. The van der Waals surface area contributed by atoms with Crippen LogP contribution in [0.5, 0.6) is 0 Å². The van der Waals surface area contributed by atoms with Gasteiger partial charge in [-0.2, -0.15) is 22.0 Å². The predicted octanol–water partition coefficient (Wildman–Crippen LogP) is 3.57. The zero-order valence-electron chi connectivity index (χ0n) is 15.9. The highest BCUT2D eigenvalue weighted by Gasteiger charge is 2.15. The summed E-state index contributed by atoms with van der Waals surface area (Å²) in [5.41, 5.74) is 0. The molecule has 0 saturated carbocycles. The summed E-state index contributed by atoms with van der Waals surface area (Å²) < 4.78 is 3.79. The molecule has 132 valence electrons. The zero-order chi connectivity index (χ0) is 16.7. The number of thioether (sulfide) groups is 1.